The average Bonchev–Trinajstić information content (AvgIpc) is 2.61. The second kappa shape index (κ2) is 9.62. The number of carboxylic acid groups (broad SMARTS) is 1. The summed E-state index contributed by atoms with van der Waals surface area (Å²) < 4.78 is 10.8. The Balaban J connectivity index is 1.90. The molecular weight excluding hydrogens is 346 g/mol. The van der Waals surface area contributed by atoms with E-state index < -0.39 is 12.6 Å². The fourth-order valence-electron chi connectivity index (χ4n) is 2.36. The van der Waals surface area contributed by atoms with Gasteiger partial charge in [-0.1, -0.05) is 26.0 Å². The van der Waals surface area contributed by atoms with Crippen molar-refractivity contribution < 1.29 is 24.2 Å². The first-order valence-electron chi connectivity index (χ1n) is 8.80. The number of hydrogen-bond acceptors (Lipinski definition) is 4. The number of carbonyl (C=O) groups excluding carboxylic acids is 1. The molecule has 144 valence electrons. The van der Waals surface area contributed by atoms with Crippen molar-refractivity contribution in [3.05, 3.63) is 53.6 Å². The Kier molecular flexibility index (Phi) is 7.23. The van der Waals surface area contributed by atoms with Gasteiger partial charge in [0.15, 0.2) is 6.61 Å². The number of anilines is 1. The number of carbonyl (C=O) groups is 2. The summed E-state index contributed by atoms with van der Waals surface area (Å²) in [6, 6.07) is 12.5. The van der Waals surface area contributed by atoms with Gasteiger partial charge in [-0.05, 0) is 54.3 Å². The molecule has 27 heavy (non-hydrogen) atoms. The highest BCUT2D eigenvalue weighted by Gasteiger charge is 2.08. The van der Waals surface area contributed by atoms with Gasteiger partial charge >= 0.3 is 5.97 Å². The number of nitrogens with one attached hydrogen (secondary N) is 1. The van der Waals surface area contributed by atoms with E-state index in [1.165, 1.54) is 0 Å². The first-order chi connectivity index (χ1) is 12.8. The highest BCUT2D eigenvalue weighted by atomic mass is 16.5. The lowest BCUT2D eigenvalue weighted by Crippen LogP contribution is -2.15. The lowest BCUT2D eigenvalue weighted by atomic mass is 10.1. The summed E-state index contributed by atoms with van der Waals surface area (Å²) >= 11 is 0. The van der Waals surface area contributed by atoms with E-state index in [4.69, 9.17) is 14.6 Å². The molecule has 0 radical (unpaired) electrons. The summed E-state index contributed by atoms with van der Waals surface area (Å²) in [5.74, 6) is 0.531. The van der Waals surface area contributed by atoms with Crippen LogP contribution in [0.2, 0.25) is 0 Å². The van der Waals surface area contributed by atoms with Crippen LogP contribution in [0.25, 0.3) is 0 Å². The number of benzene rings is 2. The van der Waals surface area contributed by atoms with Crippen molar-refractivity contribution >= 4 is 17.6 Å². The van der Waals surface area contributed by atoms with E-state index in [-0.39, 0.29) is 12.3 Å². The lowest BCUT2D eigenvalue weighted by Gasteiger charge is -2.11. The SMILES string of the molecule is Cc1cc(OCC(=O)O)ccc1NC(=O)Cc1ccc(OCC(C)C)cc1. The van der Waals surface area contributed by atoms with Crippen LogP contribution in [-0.2, 0) is 16.0 Å². The molecule has 0 aliphatic heterocycles. The van der Waals surface area contributed by atoms with Gasteiger partial charge in [0.1, 0.15) is 11.5 Å². The smallest absolute Gasteiger partial charge is 0.341 e. The van der Waals surface area contributed by atoms with Crippen molar-refractivity contribution in [1.29, 1.82) is 0 Å². The zero-order valence-electron chi connectivity index (χ0n) is 15.8. The Bertz CT molecular complexity index is 784. The minimum atomic E-state index is -1.04. The predicted molar refractivity (Wildman–Crippen MR) is 103 cm³/mol. The van der Waals surface area contributed by atoms with Gasteiger partial charge < -0.3 is 19.9 Å². The zero-order valence-corrected chi connectivity index (χ0v) is 15.8. The lowest BCUT2D eigenvalue weighted by molar-refractivity contribution is -0.139. The van der Waals surface area contributed by atoms with Gasteiger partial charge in [-0.15, -0.1) is 0 Å². The Morgan fingerprint density at radius 3 is 2.30 bits per heavy atom. The molecule has 0 spiro atoms. The number of amides is 1. The Hall–Kier alpha value is -3.02. The number of carboxylic acids is 1. The molecule has 0 heterocycles. The van der Waals surface area contributed by atoms with Crippen molar-refractivity contribution in [2.45, 2.75) is 27.2 Å². The molecule has 0 aromatic heterocycles. The summed E-state index contributed by atoms with van der Waals surface area (Å²) in [4.78, 5) is 22.8. The van der Waals surface area contributed by atoms with E-state index in [2.05, 4.69) is 19.2 Å². The summed E-state index contributed by atoms with van der Waals surface area (Å²) in [5.41, 5.74) is 2.35. The van der Waals surface area contributed by atoms with Crippen LogP contribution in [0.3, 0.4) is 0 Å². The number of rotatable bonds is 9. The Morgan fingerprint density at radius 1 is 1.04 bits per heavy atom. The monoisotopic (exact) mass is 371 g/mol. The molecule has 0 bridgehead atoms. The van der Waals surface area contributed by atoms with Crippen molar-refractivity contribution in [2.24, 2.45) is 5.92 Å². The largest absolute Gasteiger partial charge is 0.493 e. The predicted octanol–water partition coefficient (Wildman–Crippen LogP) is 3.67. The van der Waals surface area contributed by atoms with Crippen LogP contribution in [0.15, 0.2) is 42.5 Å². The molecule has 0 unspecified atom stereocenters. The fourth-order valence-corrected chi connectivity index (χ4v) is 2.36. The molecule has 0 saturated heterocycles. The van der Waals surface area contributed by atoms with E-state index in [0.29, 0.717) is 24.0 Å². The molecule has 0 fully saturated rings. The van der Waals surface area contributed by atoms with Crippen molar-refractivity contribution in [1.82, 2.24) is 0 Å². The molecule has 6 heteroatoms. The summed E-state index contributed by atoms with van der Waals surface area (Å²) in [5, 5.41) is 11.5. The molecule has 0 atom stereocenters. The molecule has 2 aromatic rings. The maximum absolute atomic E-state index is 12.3. The Morgan fingerprint density at radius 2 is 1.70 bits per heavy atom. The molecule has 1 amide bonds. The van der Waals surface area contributed by atoms with Crippen LogP contribution in [-0.4, -0.2) is 30.2 Å². The van der Waals surface area contributed by atoms with Crippen LogP contribution in [0, 0.1) is 12.8 Å². The van der Waals surface area contributed by atoms with Gasteiger partial charge in [0.2, 0.25) is 5.91 Å². The first-order valence-corrected chi connectivity index (χ1v) is 8.80. The summed E-state index contributed by atoms with van der Waals surface area (Å²) in [7, 11) is 0. The van der Waals surface area contributed by atoms with E-state index in [1.54, 1.807) is 18.2 Å². The molecule has 2 N–H and O–H groups in total. The van der Waals surface area contributed by atoms with Crippen LogP contribution in [0.1, 0.15) is 25.0 Å². The second-order valence-corrected chi connectivity index (χ2v) is 6.73. The zero-order chi connectivity index (χ0) is 19.8. The number of ether oxygens (including phenoxy) is 2. The van der Waals surface area contributed by atoms with Gasteiger partial charge in [-0.3, -0.25) is 4.79 Å². The van der Waals surface area contributed by atoms with Crippen molar-refractivity contribution in [3.63, 3.8) is 0 Å². The maximum atomic E-state index is 12.3. The average molecular weight is 371 g/mol. The maximum Gasteiger partial charge on any atom is 0.341 e. The molecule has 0 aliphatic carbocycles. The van der Waals surface area contributed by atoms with Crippen LogP contribution >= 0.6 is 0 Å². The van der Waals surface area contributed by atoms with E-state index in [9.17, 15) is 9.59 Å². The van der Waals surface area contributed by atoms with Gasteiger partial charge in [-0.25, -0.2) is 4.79 Å². The molecular formula is C21H25NO5. The third-order valence-electron chi connectivity index (χ3n) is 3.71. The quantitative estimate of drug-likeness (QED) is 0.702. The molecule has 2 rings (SSSR count). The fraction of sp³-hybridized carbons (Fsp3) is 0.333. The van der Waals surface area contributed by atoms with Gasteiger partial charge in [0.05, 0.1) is 13.0 Å². The minimum absolute atomic E-state index is 0.131. The van der Waals surface area contributed by atoms with Crippen molar-refractivity contribution in [3.8, 4) is 11.5 Å². The molecule has 0 aliphatic rings. The first kappa shape index (κ1) is 20.3. The van der Waals surface area contributed by atoms with E-state index in [1.807, 2.05) is 31.2 Å². The normalized spacial score (nSPS) is 10.5. The third kappa shape index (κ3) is 7.01. The highest BCUT2D eigenvalue weighted by Crippen LogP contribution is 2.22. The summed E-state index contributed by atoms with van der Waals surface area (Å²) in [6.07, 6.45) is 0.251. The van der Waals surface area contributed by atoms with Gasteiger partial charge in [0.25, 0.3) is 0 Å². The van der Waals surface area contributed by atoms with Crippen molar-refractivity contribution in [2.75, 3.05) is 18.5 Å². The second-order valence-electron chi connectivity index (χ2n) is 6.73. The highest BCUT2D eigenvalue weighted by molar-refractivity contribution is 5.93. The molecule has 0 saturated carbocycles. The van der Waals surface area contributed by atoms with E-state index in [0.717, 1.165) is 16.9 Å². The standard InChI is InChI=1S/C21H25NO5/c1-14(2)12-26-17-6-4-16(5-7-17)11-20(23)22-19-9-8-18(10-15(19)3)27-13-21(24)25/h4-10,14H,11-13H2,1-3H3,(H,22,23)(H,24,25). The van der Waals surface area contributed by atoms with E-state index >= 15 is 0 Å². The Labute approximate surface area is 159 Å². The van der Waals surface area contributed by atoms with Crippen LogP contribution in [0.4, 0.5) is 5.69 Å². The molecule has 6 nitrogen and oxygen atoms in total. The van der Waals surface area contributed by atoms with Crippen LogP contribution in [0.5, 0.6) is 11.5 Å². The van der Waals surface area contributed by atoms with Crippen LogP contribution < -0.4 is 14.8 Å². The summed E-state index contributed by atoms with van der Waals surface area (Å²) in [6.45, 7) is 6.26. The minimum Gasteiger partial charge on any atom is -0.493 e. The topological polar surface area (TPSA) is 84.9 Å². The van der Waals surface area contributed by atoms with Gasteiger partial charge in [-0.2, -0.15) is 0 Å². The van der Waals surface area contributed by atoms with Gasteiger partial charge in [0, 0.05) is 5.69 Å². The third-order valence-corrected chi connectivity index (χ3v) is 3.71. The number of hydrogen-bond donors (Lipinski definition) is 2. The number of aliphatic carboxylic acids is 1. The number of aryl methyl sites for hydroxylation is 1. The molecule has 2 aromatic carbocycles.